The summed E-state index contributed by atoms with van der Waals surface area (Å²) in [6.07, 6.45) is -4.37. The van der Waals surface area contributed by atoms with Gasteiger partial charge in [0.05, 0.1) is 0 Å². The molecule has 0 atom stereocenters. The van der Waals surface area contributed by atoms with Crippen molar-refractivity contribution in [2.45, 2.75) is 6.18 Å². The van der Waals surface area contributed by atoms with E-state index in [0.717, 1.165) is 0 Å². The molecule has 0 aliphatic rings. The highest BCUT2D eigenvalue weighted by Crippen LogP contribution is 2.23. The third kappa shape index (κ3) is 4.12. The highest BCUT2D eigenvalue weighted by atomic mass is 19.4. The number of nitrogen functional groups attached to an aromatic ring is 1. The maximum absolute atomic E-state index is 12.5. The Balaban J connectivity index is 2.36. The molecule has 3 N–H and O–H groups in total. The molecule has 6 heteroatoms. The summed E-state index contributed by atoms with van der Waals surface area (Å²) in [5.74, 6) is -1.92. The quantitative estimate of drug-likeness (QED) is 0.666. The predicted octanol–water partition coefficient (Wildman–Crippen LogP) is 3.85. The van der Waals surface area contributed by atoms with Crippen LogP contribution in [0.15, 0.2) is 60.7 Å². The molecular formula is C16H13F3N2O. The normalized spacial score (nSPS) is 12.0. The van der Waals surface area contributed by atoms with Gasteiger partial charge in [-0.3, -0.25) is 4.79 Å². The molecular weight excluding hydrogens is 293 g/mol. The van der Waals surface area contributed by atoms with Crippen molar-refractivity contribution in [2.24, 2.45) is 0 Å². The number of allylic oxidation sites excluding steroid dienone is 1. The molecule has 0 saturated heterocycles. The Labute approximate surface area is 125 Å². The highest BCUT2D eigenvalue weighted by molar-refractivity contribution is 6.02. The second-order valence-electron chi connectivity index (χ2n) is 4.53. The van der Waals surface area contributed by atoms with Crippen LogP contribution in [0.1, 0.15) is 5.56 Å². The van der Waals surface area contributed by atoms with Gasteiger partial charge in [-0.1, -0.05) is 30.3 Å². The molecule has 0 amide bonds. The van der Waals surface area contributed by atoms with Crippen molar-refractivity contribution in [1.82, 2.24) is 0 Å². The maximum atomic E-state index is 12.5. The first kappa shape index (κ1) is 15.6. The van der Waals surface area contributed by atoms with Crippen molar-refractivity contribution < 1.29 is 18.0 Å². The number of nitrogens with two attached hydrogens (primary N) is 1. The molecule has 0 saturated carbocycles. The summed E-state index contributed by atoms with van der Waals surface area (Å²) in [5.41, 5.74) is 7.15. The zero-order valence-electron chi connectivity index (χ0n) is 11.4. The van der Waals surface area contributed by atoms with Crippen molar-refractivity contribution in [3.05, 3.63) is 66.2 Å². The summed E-state index contributed by atoms with van der Waals surface area (Å²) < 4.78 is 37.4. The first-order chi connectivity index (χ1) is 10.4. The Bertz CT molecular complexity index is 677. The van der Waals surface area contributed by atoms with Crippen LogP contribution in [-0.4, -0.2) is 12.0 Å². The number of benzene rings is 2. The highest BCUT2D eigenvalue weighted by Gasteiger charge is 2.36. The number of nitrogens with one attached hydrogen (secondary N) is 1. The van der Waals surface area contributed by atoms with Gasteiger partial charge >= 0.3 is 6.18 Å². The molecule has 114 valence electrons. The van der Waals surface area contributed by atoms with Crippen LogP contribution in [0, 0.1) is 0 Å². The molecule has 0 radical (unpaired) electrons. The minimum Gasteiger partial charge on any atom is -0.399 e. The molecule has 2 rings (SSSR count). The van der Waals surface area contributed by atoms with E-state index in [0.29, 0.717) is 23.0 Å². The van der Waals surface area contributed by atoms with Gasteiger partial charge in [0.25, 0.3) is 5.78 Å². The van der Waals surface area contributed by atoms with Crippen LogP contribution in [0.3, 0.4) is 0 Å². The lowest BCUT2D eigenvalue weighted by Crippen LogP contribution is -2.21. The number of rotatable bonds is 4. The third-order valence-corrected chi connectivity index (χ3v) is 2.83. The van der Waals surface area contributed by atoms with Gasteiger partial charge in [0.15, 0.2) is 0 Å². The van der Waals surface area contributed by atoms with Gasteiger partial charge in [0, 0.05) is 23.1 Å². The van der Waals surface area contributed by atoms with Crippen molar-refractivity contribution in [3.8, 4) is 0 Å². The zero-order chi connectivity index (χ0) is 16.2. The summed E-state index contributed by atoms with van der Waals surface area (Å²) in [4.78, 5) is 11.2. The number of hydrogen-bond donors (Lipinski definition) is 2. The van der Waals surface area contributed by atoms with Gasteiger partial charge in [-0.2, -0.15) is 13.2 Å². The van der Waals surface area contributed by atoms with Crippen LogP contribution in [0.2, 0.25) is 0 Å². The molecule has 0 heterocycles. The number of carbonyl (C=O) groups is 1. The number of alkyl halides is 3. The zero-order valence-corrected chi connectivity index (χ0v) is 11.4. The predicted molar refractivity (Wildman–Crippen MR) is 80.0 cm³/mol. The van der Waals surface area contributed by atoms with E-state index in [9.17, 15) is 18.0 Å². The van der Waals surface area contributed by atoms with E-state index in [1.807, 2.05) is 0 Å². The molecule has 0 unspecified atom stereocenters. The smallest absolute Gasteiger partial charge is 0.399 e. The lowest BCUT2D eigenvalue weighted by atomic mass is 10.1. The first-order valence-electron chi connectivity index (χ1n) is 6.37. The summed E-state index contributed by atoms with van der Waals surface area (Å²) in [7, 11) is 0. The second kappa shape index (κ2) is 6.34. The van der Waals surface area contributed by atoms with Crippen LogP contribution in [0.5, 0.6) is 0 Å². The van der Waals surface area contributed by atoms with E-state index in [4.69, 9.17) is 5.73 Å². The summed E-state index contributed by atoms with van der Waals surface area (Å²) >= 11 is 0. The SMILES string of the molecule is Nc1ccc(N/C(=C\C(=O)C(F)(F)F)c2ccccc2)cc1. The molecule has 0 fully saturated rings. The van der Waals surface area contributed by atoms with Crippen LogP contribution in [0.25, 0.3) is 5.70 Å². The van der Waals surface area contributed by atoms with E-state index < -0.39 is 12.0 Å². The molecule has 0 spiro atoms. The van der Waals surface area contributed by atoms with Gasteiger partial charge in [-0.25, -0.2) is 0 Å². The molecule has 22 heavy (non-hydrogen) atoms. The minimum atomic E-state index is -4.91. The Kier molecular flexibility index (Phi) is 4.50. The fourth-order valence-corrected chi connectivity index (χ4v) is 1.74. The topological polar surface area (TPSA) is 55.1 Å². The van der Waals surface area contributed by atoms with Gasteiger partial charge in [-0.05, 0) is 29.8 Å². The van der Waals surface area contributed by atoms with E-state index in [-0.39, 0.29) is 5.70 Å². The third-order valence-electron chi connectivity index (χ3n) is 2.83. The standard InChI is InChI=1S/C16H13F3N2O/c17-16(18,19)15(22)10-14(11-4-2-1-3-5-11)21-13-8-6-12(20)7-9-13/h1-10,21H,20H2/b14-10-. The van der Waals surface area contributed by atoms with Crippen molar-refractivity contribution in [2.75, 3.05) is 11.1 Å². The van der Waals surface area contributed by atoms with Crippen LogP contribution in [-0.2, 0) is 4.79 Å². The molecule has 0 bridgehead atoms. The molecule has 2 aromatic rings. The van der Waals surface area contributed by atoms with E-state index >= 15 is 0 Å². The minimum absolute atomic E-state index is 0.0627. The van der Waals surface area contributed by atoms with E-state index in [1.54, 1.807) is 54.6 Å². The summed E-state index contributed by atoms with van der Waals surface area (Å²) in [6.45, 7) is 0. The van der Waals surface area contributed by atoms with Crippen molar-refractivity contribution in [1.29, 1.82) is 0 Å². The van der Waals surface area contributed by atoms with E-state index in [1.165, 1.54) is 0 Å². The molecule has 0 aromatic heterocycles. The van der Waals surface area contributed by atoms with E-state index in [2.05, 4.69) is 5.32 Å². The largest absolute Gasteiger partial charge is 0.454 e. The fourth-order valence-electron chi connectivity index (χ4n) is 1.74. The number of hydrogen-bond acceptors (Lipinski definition) is 3. The van der Waals surface area contributed by atoms with Crippen LogP contribution >= 0.6 is 0 Å². The van der Waals surface area contributed by atoms with Crippen molar-refractivity contribution in [3.63, 3.8) is 0 Å². The number of ketones is 1. The maximum Gasteiger partial charge on any atom is 0.454 e. The molecule has 0 aliphatic heterocycles. The number of carbonyl (C=O) groups excluding carboxylic acids is 1. The summed E-state index contributed by atoms with van der Waals surface area (Å²) in [5, 5.41) is 2.81. The second-order valence-corrected chi connectivity index (χ2v) is 4.53. The van der Waals surface area contributed by atoms with Crippen LogP contribution < -0.4 is 11.1 Å². The Hall–Kier alpha value is -2.76. The Morgan fingerprint density at radius 3 is 2.14 bits per heavy atom. The number of anilines is 2. The van der Waals surface area contributed by atoms with Gasteiger partial charge < -0.3 is 11.1 Å². The van der Waals surface area contributed by atoms with Gasteiger partial charge in [0.1, 0.15) is 0 Å². The summed E-state index contributed by atoms with van der Waals surface area (Å²) in [6, 6.07) is 14.7. The lowest BCUT2D eigenvalue weighted by molar-refractivity contribution is -0.165. The Morgan fingerprint density at radius 1 is 1.00 bits per heavy atom. The lowest BCUT2D eigenvalue weighted by Gasteiger charge is -2.12. The molecule has 0 aliphatic carbocycles. The number of halogens is 3. The monoisotopic (exact) mass is 306 g/mol. The Morgan fingerprint density at radius 2 is 1.59 bits per heavy atom. The average molecular weight is 306 g/mol. The first-order valence-corrected chi connectivity index (χ1v) is 6.37. The van der Waals surface area contributed by atoms with Crippen LogP contribution in [0.4, 0.5) is 24.5 Å². The van der Waals surface area contributed by atoms with Gasteiger partial charge in [0.2, 0.25) is 0 Å². The average Bonchev–Trinajstić information content (AvgIpc) is 2.48. The molecule has 3 nitrogen and oxygen atoms in total. The van der Waals surface area contributed by atoms with Gasteiger partial charge in [-0.15, -0.1) is 0 Å². The van der Waals surface area contributed by atoms with Crippen molar-refractivity contribution >= 4 is 22.9 Å². The fraction of sp³-hybridized carbons (Fsp3) is 0.0625. The molecule has 2 aromatic carbocycles.